The monoisotopic (exact) mass is 362 g/mol. The Hall–Kier alpha value is -1.92. The van der Waals surface area contributed by atoms with Crippen LogP contribution < -0.4 is 5.32 Å². The van der Waals surface area contributed by atoms with Gasteiger partial charge in [0.05, 0.1) is 13.2 Å². The Morgan fingerprint density at radius 3 is 2.50 bits per heavy atom. The minimum atomic E-state index is 0.00486. The van der Waals surface area contributed by atoms with Crippen LogP contribution in [0.3, 0.4) is 0 Å². The van der Waals surface area contributed by atoms with Crippen molar-refractivity contribution in [1.82, 2.24) is 10.2 Å². The van der Waals surface area contributed by atoms with Gasteiger partial charge in [0, 0.05) is 32.7 Å². The van der Waals surface area contributed by atoms with Crippen LogP contribution in [-0.2, 0) is 25.5 Å². The highest BCUT2D eigenvalue weighted by Gasteiger charge is 2.23. The molecule has 1 saturated heterocycles. The minimum absolute atomic E-state index is 0.00486. The molecule has 0 bridgehead atoms. The van der Waals surface area contributed by atoms with E-state index < -0.39 is 0 Å². The highest BCUT2D eigenvalue weighted by Crippen LogP contribution is 2.12. The molecule has 6 heteroatoms. The van der Waals surface area contributed by atoms with Crippen LogP contribution in [0.1, 0.15) is 30.4 Å². The van der Waals surface area contributed by atoms with Crippen molar-refractivity contribution in [1.29, 1.82) is 0 Å². The Labute approximate surface area is 155 Å². The Morgan fingerprint density at radius 1 is 1.15 bits per heavy atom. The van der Waals surface area contributed by atoms with Crippen molar-refractivity contribution in [3.05, 3.63) is 35.4 Å². The second kappa shape index (κ2) is 10.9. The largest absolute Gasteiger partial charge is 0.382 e. The number of aryl methyl sites for hydroxylation is 2. The van der Waals surface area contributed by atoms with E-state index in [1.165, 1.54) is 11.1 Å². The maximum Gasteiger partial charge on any atom is 0.248 e. The van der Waals surface area contributed by atoms with Gasteiger partial charge in [0.2, 0.25) is 11.8 Å². The second-order valence-electron chi connectivity index (χ2n) is 6.75. The molecule has 0 aromatic heterocycles. The molecule has 0 atom stereocenters. The molecule has 1 fully saturated rings. The van der Waals surface area contributed by atoms with Gasteiger partial charge in [-0.15, -0.1) is 0 Å². The Morgan fingerprint density at radius 2 is 1.85 bits per heavy atom. The summed E-state index contributed by atoms with van der Waals surface area (Å²) in [5.41, 5.74) is 2.41. The number of piperidine rings is 1. The van der Waals surface area contributed by atoms with Crippen molar-refractivity contribution in [3.63, 3.8) is 0 Å². The van der Waals surface area contributed by atoms with Gasteiger partial charge in [-0.3, -0.25) is 9.59 Å². The fourth-order valence-corrected chi connectivity index (χ4v) is 2.98. The first kappa shape index (κ1) is 20.4. The molecule has 1 aromatic carbocycles. The van der Waals surface area contributed by atoms with Gasteiger partial charge in [0.1, 0.15) is 6.61 Å². The van der Waals surface area contributed by atoms with E-state index in [9.17, 15) is 9.59 Å². The van der Waals surface area contributed by atoms with Crippen LogP contribution in [0.5, 0.6) is 0 Å². The Bertz CT molecular complexity index is 566. The van der Waals surface area contributed by atoms with E-state index in [-0.39, 0.29) is 24.5 Å². The molecule has 2 amide bonds. The maximum atomic E-state index is 12.1. The first-order chi connectivity index (χ1) is 12.6. The van der Waals surface area contributed by atoms with Crippen molar-refractivity contribution in [2.45, 2.75) is 38.6 Å². The maximum absolute atomic E-state index is 12.1. The van der Waals surface area contributed by atoms with Crippen molar-refractivity contribution in [2.24, 2.45) is 0 Å². The van der Waals surface area contributed by atoms with E-state index >= 15 is 0 Å². The van der Waals surface area contributed by atoms with Crippen molar-refractivity contribution in [3.8, 4) is 0 Å². The summed E-state index contributed by atoms with van der Waals surface area (Å²) in [7, 11) is 1.60. The molecule has 1 aromatic rings. The molecular formula is C20H30N2O4. The lowest BCUT2D eigenvalue weighted by atomic mass is 10.0. The fourth-order valence-electron chi connectivity index (χ4n) is 2.98. The molecule has 0 unspecified atom stereocenters. The van der Waals surface area contributed by atoms with E-state index in [1.54, 1.807) is 7.11 Å². The Balaban J connectivity index is 1.62. The van der Waals surface area contributed by atoms with Crippen LogP contribution in [0.4, 0.5) is 0 Å². The van der Waals surface area contributed by atoms with Crippen LogP contribution in [0.2, 0.25) is 0 Å². The van der Waals surface area contributed by atoms with Gasteiger partial charge in [-0.2, -0.15) is 0 Å². The lowest BCUT2D eigenvalue weighted by molar-refractivity contribution is -0.137. The number of amides is 2. The summed E-state index contributed by atoms with van der Waals surface area (Å²) in [5.74, 6) is 0.0866. The molecule has 6 nitrogen and oxygen atoms in total. The third kappa shape index (κ3) is 7.14. The van der Waals surface area contributed by atoms with Crippen LogP contribution in [-0.4, -0.2) is 62.8 Å². The average molecular weight is 362 g/mol. The quantitative estimate of drug-likeness (QED) is 0.679. The van der Waals surface area contributed by atoms with Crippen molar-refractivity contribution in [2.75, 3.05) is 40.0 Å². The van der Waals surface area contributed by atoms with E-state index in [0.717, 1.165) is 19.3 Å². The van der Waals surface area contributed by atoms with E-state index in [2.05, 4.69) is 36.5 Å². The van der Waals surface area contributed by atoms with Gasteiger partial charge >= 0.3 is 0 Å². The number of carbonyl (C=O) groups excluding carboxylic acids is 2. The molecular weight excluding hydrogens is 332 g/mol. The number of nitrogens with one attached hydrogen (secondary N) is 1. The number of carbonyl (C=O) groups is 2. The van der Waals surface area contributed by atoms with Crippen LogP contribution in [0, 0.1) is 6.92 Å². The number of rotatable bonds is 9. The van der Waals surface area contributed by atoms with Crippen LogP contribution in [0.15, 0.2) is 24.3 Å². The van der Waals surface area contributed by atoms with Crippen LogP contribution in [0.25, 0.3) is 0 Å². The first-order valence-corrected chi connectivity index (χ1v) is 9.28. The van der Waals surface area contributed by atoms with Crippen LogP contribution >= 0.6 is 0 Å². The summed E-state index contributed by atoms with van der Waals surface area (Å²) in [5, 5.41) is 3.10. The minimum Gasteiger partial charge on any atom is -0.382 e. The molecule has 26 heavy (non-hydrogen) atoms. The third-order valence-electron chi connectivity index (χ3n) is 4.63. The number of methoxy groups -OCH3 is 1. The van der Waals surface area contributed by atoms with Gasteiger partial charge in [0.15, 0.2) is 0 Å². The number of hydrogen-bond donors (Lipinski definition) is 1. The number of hydrogen-bond acceptors (Lipinski definition) is 4. The Kier molecular flexibility index (Phi) is 8.58. The van der Waals surface area contributed by atoms with Gasteiger partial charge in [-0.05, 0) is 31.7 Å². The third-order valence-corrected chi connectivity index (χ3v) is 4.63. The molecule has 2 rings (SSSR count). The smallest absolute Gasteiger partial charge is 0.248 e. The molecule has 1 N–H and O–H groups in total. The molecule has 1 aliphatic rings. The number of likely N-dealkylation sites (tertiary alicyclic amines) is 1. The first-order valence-electron chi connectivity index (χ1n) is 9.28. The van der Waals surface area contributed by atoms with Gasteiger partial charge in [0.25, 0.3) is 0 Å². The van der Waals surface area contributed by atoms with Crippen molar-refractivity contribution < 1.29 is 19.1 Å². The zero-order chi connectivity index (χ0) is 18.8. The summed E-state index contributed by atoms with van der Waals surface area (Å²) in [6.07, 6.45) is 2.83. The predicted octanol–water partition coefficient (Wildman–Crippen LogP) is 1.70. The number of ether oxygens (including phenoxy) is 2. The average Bonchev–Trinajstić information content (AvgIpc) is 2.65. The van der Waals surface area contributed by atoms with E-state index in [0.29, 0.717) is 32.7 Å². The van der Waals surface area contributed by atoms with Gasteiger partial charge in [-0.25, -0.2) is 0 Å². The highest BCUT2D eigenvalue weighted by molar-refractivity contribution is 5.78. The fraction of sp³-hybridized carbons (Fsp3) is 0.600. The van der Waals surface area contributed by atoms with Gasteiger partial charge in [-0.1, -0.05) is 29.8 Å². The molecule has 144 valence electrons. The normalized spacial score (nSPS) is 15.1. The molecule has 0 aliphatic carbocycles. The molecule has 1 aliphatic heterocycles. The number of nitrogens with zero attached hydrogens (tertiary/aromatic N) is 1. The zero-order valence-electron chi connectivity index (χ0n) is 15.8. The lowest BCUT2D eigenvalue weighted by Crippen LogP contribution is -2.47. The standard InChI is InChI=1S/C20H30N2O4/c1-16-3-5-17(6-4-16)7-8-19(23)21-18-9-11-22(12-10-18)20(24)15-26-14-13-25-2/h3-6,18H,7-15H2,1-2H3,(H,21,23). The lowest BCUT2D eigenvalue weighted by Gasteiger charge is -2.32. The molecule has 0 spiro atoms. The molecule has 0 radical (unpaired) electrons. The van der Waals surface area contributed by atoms with E-state index in [1.807, 2.05) is 4.90 Å². The summed E-state index contributed by atoms with van der Waals surface area (Å²) in [6.45, 7) is 4.39. The number of benzene rings is 1. The summed E-state index contributed by atoms with van der Waals surface area (Å²) in [6, 6.07) is 8.43. The zero-order valence-corrected chi connectivity index (χ0v) is 15.8. The SMILES string of the molecule is COCCOCC(=O)N1CCC(NC(=O)CCc2ccc(C)cc2)CC1. The van der Waals surface area contributed by atoms with Gasteiger partial charge < -0.3 is 19.7 Å². The topological polar surface area (TPSA) is 67.9 Å². The predicted molar refractivity (Wildman–Crippen MR) is 99.9 cm³/mol. The van der Waals surface area contributed by atoms with Crippen molar-refractivity contribution >= 4 is 11.8 Å². The highest BCUT2D eigenvalue weighted by atomic mass is 16.5. The van der Waals surface area contributed by atoms with E-state index in [4.69, 9.17) is 9.47 Å². The molecule has 1 heterocycles. The summed E-state index contributed by atoms with van der Waals surface area (Å²) < 4.78 is 10.2. The summed E-state index contributed by atoms with van der Waals surface area (Å²) in [4.78, 5) is 26.0. The summed E-state index contributed by atoms with van der Waals surface area (Å²) >= 11 is 0. The second-order valence-corrected chi connectivity index (χ2v) is 6.75. The molecule has 0 saturated carbocycles.